The van der Waals surface area contributed by atoms with Crippen LogP contribution in [0.3, 0.4) is 0 Å². The Balaban J connectivity index is 2.05. The highest BCUT2D eigenvalue weighted by Crippen LogP contribution is 2.31. The fourth-order valence-corrected chi connectivity index (χ4v) is 2.76. The minimum atomic E-state index is 0.261. The number of nitrogens with one attached hydrogen (secondary N) is 1. The van der Waals surface area contributed by atoms with Crippen molar-refractivity contribution < 1.29 is 4.74 Å². The number of anilines is 1. The molecule has 1 aliphatic rings. The third-order valence-electron chi connectivity index (χ3n) is 4.23. The number of nitriles is 1. The molecule has 0 bridgehead atoms. The molecule has 19 heavy (non-hydrogen) atoms. The first-order chi connectivity index (χ1) is 9.15. The van der Waals surface area contributed by atoms with Crippen LogP contribution in [0.25, 0.3) is 0 Å². The van der Waals surface area contributed by atoms with Crippen LogP contribution in [-0.2, 0) is 0 Å². The Kier molecular flexibility index (Phi) is 4.31. The number of methoxy groups -OCH3 is 1. The topological polar surface area (TPSA) is 45.0 Å². The Morgan fingerprint density at radius 2 is 1.84 bits per heavy atom. The Bertz CT molecular complexity index is 482. The van der Waals surface area contributed by atoms with Crippen molar-refractivity contribution in [3.8, 4) is 11.8 Å². The molecule has 0 atom stereocenters. The molecule has 0 radical (unpaired) electrons. The van der Waals surface area contributed by atoms with Gasteiger partial charge in [0.2, 0.25) is 0 Å². The fraction of sp³-hybridized carbons (Fsp3) is 0.562. The summed E-state index contributed by atoms with van der Waals surface area (Å²) in [5, 5.41) is 12.5. The predicted molar refractivity (Wildman–Crippen MR) is 77.4 cm³/mol. The van der Waals surface area contributed by atoms with Gasteiger partial charge < -0.3 is 10.1 Å². The van der Waals surface area contributed by atoms with Crippen molar-refractivity contribution in [1.29, 1.82) is 5.26 Å². The number of nitrogens with zero attached hydrogens (tertiary/aromatic N) is 1. The van der Waals surface area contributed by atoms with E-state index in [0.717, 1.165) is 31.4 Å². The van der Waals surface area contributed by atoms with Gasteiger partial charge in [0.05, 0.1) is 13.2 Å². The van der Waals surface area contributed by atoms with Crippen molar-refractivity contribution in [2.24, 2.45) is 5.92 Å². The van der Waals surface area contributed by atoms with E-state index in [1.807, 2.05) is 6.07 Å². The zero-order valence-electron chi connectivity index (χ0n) is 12.0. The Morgan fingerprint density at radius 1 is 1.16 bits per heavy atom. The summed E-state index contributed by atoms with van der Waals surface area (Å²) in [6.07, 6.45) is 4.20. The van der Waals surface area contributed by atoms with Gasteiger partial charge in [0.25, 0.3) is 0 Å². The van der Waals surface area contributed by atoms with Crippen LogP contribution in [0.4, 0.5) is 5.69 Å². The van der Waals surface area contributed by atoms with Crippen molar-refractivity contribution in [3.05, 3.63) is 23.3 Å². The molecule has 0 saturated heterocycles. The van der Waals surface area contributed by atoms with Gasteiger partial charge in [-0.05, 0) is 62.8 Å². The minimum Gasteiger partial charge on any atom is -0.496 e. The number of ether oxygens (including phenoxy) is 1. The van der Waals surface area contributed by atoms with Crippen LogP contribution in [0.15, 0.2) is 12.1 Å². The molecule has 1 fully saturated rings. The average Bonchev–Trinajstić information content (AvgIpc) is 2.45. The minimum absolute atomic E-state index is 0.261. The number of benzene rings is 1. The van der Waals surface area contributed by atoms with Crippen molar-refractivity contribution >= 4 is 5.69 Å². The zero-order chi connectivity index (χ0) is 13.8. The second-order valence-corrected chi connectivity index (χ2v) is 5.39. The van der Waals surface area contributed by atoms with Gasteiger partial charge in [-0.1, -0.05) is 0 Å². The lowest BCUT2D eigenvalue weighted by Crippen LogP contribution is -2.26. The van der Waals surface area contributed by atoms with E-state index in [2.05, 4.69) is 31.3 Å². The van der Waals surface area contributed by atoms with Gasteiger partial charge >= 0.3 is 0 Å². The van der Waals surface area contributed by atoms with Gasteiger partial charge in [-0.3, -0.25) is 0 Å². The summed E-state index contributed by atoms with van der Waals surface area (Å²) >= 11 is 0. The summed E-state index contributed by atoms with van der Waals surface area (Å²) in [6, 6.07) is 6.99. The Labute approximate surface area is 115 Å². The van der Waals surface area contributed by atoms with Gasteiger partial charge in [0, 0.05) is 17.6 Å². The van der Waals surface area contributed by atoms with Gasteiger partial charge in [-0.15, -0.1) is 0 Å². The summed E-state index contributed by atoms with van der Waals surface area (Å²) < 4.78 is 5.34. The maximum Gasteiger partial charge on any atom is 0.122 e. The van der Waals surface area contributed by atoms with Crippen LogP contribution in [-0.4, -0.2) is 13.2 Å². The summed E-state index contributed by atoms with van der Waals surface area (Å²) in [6.45, 7) is 4.22. The second kappa shape index (κ2) is 5.97. The molecule has 1 aromatic rings. The fourth-order valence-electron chi connectivity index (χ4n) is 2.76. The van der Waals surface area contributed by atoms with E-state index in [0.29, 0.717) is 6.04 Å². The summed E-state index contributed by atoms with van der Waals surface area (Å²) in [4.78, 5) is 0. The maximum absolute atomic E-state index is 8.92. The predicted octanol–water partition coefficient (Wildman–Crippen LogP) is 3.81. The molecule has 102 valence electrons. The third kappa shape index (κ3) is 3.01. The van der Waals surface area contributed by atoms with Crippen LogP contribution in [0.1, 0.15) is 36.8 Å². The van der Waals surface area contributed by atoms with Crippen LogP contribution >= 0.6 is 0 Å². The number of hydrogen-bond acceptors (Lipinski definition) is 3. The van der Waals surface area contributed by atoms with Crippen LogP contribution in [0.5, 0.6) is 5.75 Å². The molecule has 0 spiro atoms. The highest BCUT2D eigenvalue weighted by atomic mass is 16.5. The van der Waals surface area contributed by atoms with Crippen molar-refractivity contribution in [1.82, 2.24) is 0 Å². The maximum atomic E-state index is 8.92. The molecular weight excluding hydrogens is 236 g/mol. The van der Waals surface area contributed by atoms with Crippen LogP contribution < -0.4 is 10.1 Å². The van der Waals surface area contributed by atoms with Gasteiger partial charge in [0.15, 0.2) is 0 Å². The van der Waals surface area contributed by atoms with Gasteiger partial charge in [-0.25, -0.2) is 0 Å². The van der Waals surface area contributed by atoms with Crippen LogP contribution in [0.2, 0.25) is 0 Å². The lowest BCUT2D eigenvalue weighted by Gasteiger charge is -2.27. The smallest absolute Gasteiger partial charge is 0.122 e. The van der Waals surface area contributed by atoms with E-state index in [1.54, 1.807) is 7.11 Å². The first-order valence-corrected chi connectivity index (χ1v) is 6.96. The zero-order valence-corrected chi connectivity index (χ0v) is 12.0. The SMILES string of the molecule is COc1ccc(NC2CCC(C#N)CC2)c(C)c1C. The molecule has 0 amide bonds. The monoisotopic (exact) mass is 258 g/mol. The largest absolute Gasteiger partial charge is 0.496 e. The van der Waals surface area contributed by atoms with E-state index in [1.165, 1.54) is 16.8 Å². The highest BCUT2D eigenvalue weighted by Gasteiger charge is 2.21. The molecule has 0 unspecified atom stereocenters. The van der Waals surface area contributed by atoms with Crippen LogP contribution in [0, 0.1) is 31.1 Å². The average molecular weight is 258 g/mol. The van der Waals surface area contributed by atoms with E-state index in [4.69, 9.17) is 10.00 Å². The Hall–Kier alpha value is -1.69. The lowest BCUT2D eigenvalue weighted by molar-refractivity contribution is 0.397. The highest BCUT2D eigenvalue weighted by molar-refractivity contribution is 5.58. The second-order valence-electron chi connectivity index (χ2n) is 5.39. The molecule has 0 heterocycles. The summed E-state index contributed by atoms with van der Waals surface area (Å²) in [7, 11) is 1.71. The molecule has 2 rings (SSSR count). The van der Waals surface area contributed by atoms with Crippen molar-refractivity contribution in [3.63, 3.8) is 0 Å². The summed E-state index contributed by atoms with van der Waals surface area (Å²) in [5.41, 5.74) is 3.64. The molecule has 1 aromatic carbocycles. The molecule has 3 nitrogen and oxygen atoms in total. The van der Waals surface area contributed by atoms with Gasteiger partial charge in [-0.2, -0.15) is 5.26 Å². The summed E-state index contributed by atoms with van der Waals surface area (Å²) in [5.74, 6) is 1.20. The standard InChI is InChI=1S/C16H22N2O/c1-11-12(2)16(19-3)9-8-15(11)18-14-6-4-13(10-17)5-7-14/h8-9,13-14,18H,4-7H2,1-3H3. The third-order valence-corrected chi connectivity index (χ3v) is 4.23. The molecular formula is C16H22N2O. The lowest BCUT2D eigenvalue weighted by atomic mass is 9.87. The molecule has 0 aliphatic heterocycles. The van der Waals surface area contributed by atoms with E-state index >= 15 is 0 Å². The van der Waals surface area contributed by atoms with E-state index < -0.39 is 0 Å². The van der Waals surface area contributed by atoms with Crippen molar-refractivity contribution in [2.45, 2.75) is 45.6 Å². The molecule has 0 aromatic heterocycles. The first kappa shape index (κ1) is 13.7. The van der Waals surface area contributed by atoms with E-state index in [9.17, 15) is 0 Å². The molecule has 1 N–H and O–H groups in total. The van der Waals surface area contributed by atoms with Crippen molar-refractivity contribution in [2.75, 3.05) is 12.4 Å². The molecule has 3 heteroatoms. The molecule has 1 aliphatic carbocycles. The van der Waals surface area contributed by atoms with Gasteiger partial charge in [0.1, 0.15) is 5.75 Å². The number of hydrogen-bond donors (Lipinski definition) is 1. The first-order valence-electron chi connectivity index (χ1n) is 6.96. The normalized spacial score (nSPS) is 22.6. The Morgan fingerprint density at radius 3 is 2.42 bits per heavy atom. The number of rotatable bonds is 3. The van der Waals surface area contributed by atoms with E-state index in [-0.39, 0.29) is 5.92 Å². The molecule has 1 saturated carbocycles. The quantitative estimate of drug-likeness (QED) is 0.896.